The third kappa shape index (κ3) is 2.09. The molecule has 0 aliphatic heterocycles. The SMILES string of the molecule is O=C(O)c1ccc(NCC2(C3CC3)CC2)nn1. The van der Waals surface area contributed by atoms with Crippen LogP contribution in [0.5, 0.6) is 0 Å². The van der Waals surface area contributed by atoms with Gasteiger partial charge in [-0.25, -0.2) is 4.79 Å². The Kier molecular flexibility index (Phi) is 2.28. The minimum Gasteiger partial charge on any atom is -0.476 e. The molecular formula is C12H15N3O2. The molecule has 2 aliphatic rings. The molecule has 0 radical (unpaired) electrons. The number of carboxylic acid groups (broad SMARTS) is 1. The lowest BCUT2D eigenvalue weighted by atomic mass is 10.0. The summed E-state index contributed by atoms with van der Waals surface area (Å²) in [7, 11) is 0. The fraction of sp³-hybridized carbons (Fsp3) is 0.583. The molecule has 5 nitrogen and oxygen atoms in total. The maximum absolute atomic E-state index is 10.6. The third-order valence-corrected chi connectivity index (χ3v) is 3.84. The number of hydrogen-bond donors (Lipinski definition) is 2. The molecule has 5 heteroatoms. The van der Waals surface area contributed by atoms with Gasteiger partial charge in [0.15, 0.2) is 5.69 Å². The first-order valence-electron chi connectivity index (χ1n) is 6.01. The number of hydrogen-bond acceptors (Lipinski definition) is 4. The van der Waals surface area contributed by atoms with E-state index in [0.717, 1.165) is 12.5 Å². The van der Waals surface area contributed by atoms with Crippen molar-refractivity contribution in [3.05, 3.63) is 17.8 Å². The van der Waals surface area contributed by atoms with Crippen LogP contribution in [0.1, 0.15) is 36.2 Å². The molecule has 2 aliphatic carbocycles. The van der Waals surface area contributed by atoms with Gasteiger partial charge in [0.05, 0.1) is 0 Å². The Labute approximate surface area is 99.3 Å². The highest BCUT2D eigenvalue weighted by Gasteiger charge is 2.53. The van der Waals surface area contributed by atoms with E-state index in [1.165, 1.54) is 31.7 Å². The number of carbonyl (C=O) groups is 1. The second kappa shape index (κ2) is 3.68. The van der Waals surface area contributed by atoms with Crippen LogP contribution in [-0.4, -0.2) is 27.8 Å². The Morgan fingerprint density at radius 1 is 1.41 bits per heavy atom. The Morgan fingerprint density at radius 2 is 2.18 bits per heavy atom. The van der Waals surface area contributed by atoms with Crippen molar-refractivity contribution in [2.75, 3.05) is 11.9 Å². The molecule has 1 aromatic rings. The zero-order chi connectivity index (χ0) is 11.9. The molecule has 2 fully saturated rings. The highest BCUT2D eigenvalue weighted by atomic mass is 16.4. The van der Waals surface area contributed by atoms with Crippen molar-refractivity contribution in [2.24, 2.45) is 11.3 Å². The zero-order valence-corrected chi connectivity index (χ0v) is 9.52. The highest BCUT2D eigenvalue weighted by molar-refractivity contribution is 5.85. The maximum Gasteiger partial charge on any atom is 0.356 e. The molecule has 0 amide bonds. The average molecular weight is 233 g/mol. The normalized spacial score (nSPS) is 20.9. The van der Waals surface area contributed by atoms with Gasteiger partial charge in [0.2, 0.25) is 0 Å². The van der Waals surface area contributed by atoms with E-state index in [-0.39, 0.29) is 5.69 Å². The van der Waals surface area contributed by atoms with Crippen LogP contribution < -0.4 is 5.32 Å². The third-order valence-electron chi connectivity index (χ3n) is 3.84. The minimum absolute atomic E-state index is 0.0149. The first-order valence-corrected chi connectivity index (χ1v) is 6.01. The summed E-state index contributed by atoms with van der Waals surface area (Å²) in [5, 5.41) is 19.5. The molecule has 0 aromatic carbocycles. The van der Waals surface area contributed by atoms with Crippen molar-refractivity contribution < 1.29 is 9.90 Å². The van der Waals surface area contributed by atoms with E-state index in [2.05, 4.69) is 15.5 Å². The predicted octanol–water partition coefficient (Wildman–Crippen LogP) is 1.78. The van der Waals surface area contributed by atoms with Gasteiger partial charge in [-0.3, -0.25) is 0 Å². The van der Waals surface area contributed by atoms with Gasteiger partial charge < -0.3 is 10.4 Å². The van der Waals surface area contributed by atoms with Crippen LogP contribution in [0.4, 0.5) is 5.82 Å². The smallest absolute Gasteiger partial charge is 0.356 e. The van der Waals surface area contributed by atoms with E-state index in [0.29, 0.717) is 11.2 Å². The lowest BCUT2D eigenvalue weighted by molar-refractivity contribution is 0.0689. The van der Waals surface area contributed by atoms with Gasteiger partial charge >= 0.3 is 5.97 Å². The average Bonchev–Trinajstić information content (AvgIpc) is 3.17. The molecule has 90 valence electrons. The first-order chi connectivity index (χ1) is 8.20. The summed E-state index contributed by atoms with van der Waals surface area (Å²) in [4.78, 5) is 10.6. The first kappa shape index (κ1) is 10.5. The molecule has 17 heavy (non-hydrogen) atoms. The Hall–Kier alpha value is -1.65. The van der Waals surface area contributed by atoms with Gasteiger partial charge in [0.25, 0.3) is 0 Å². The Bertz CT molecular complexity index is 436. The summed E-state index contributed by atoms with van der Waals surface area (Å²) in [6.45, 7) is 0.943. The van der Waals surface area contributed by atoms with E-state index >= 15 is 0 Å². The second-order valence-corrected chi connectivity index (χ2v) is 5.10. The summed E-state index contributed by atoms with van der Waals surface area (Å²) in [6, 6.07) is 3.16. The summed E-state index contributed by atoms with van der Waals surface area (Å²) >= 11 is 0. The largest absolute Gasteiger partial charge is 0.476 e. The molecule has 0 spiro atoms. The number of aromatic carboxylic acids is 1. The van der Waals surface area contributed by atoms with Gasteiger partial charge in [0.1, 0.15) is 5.82 Å². The van der Waals surface area contributed by atoms with E-state index < -0.39 is 5.97 Å². The van der Waals surface area contributed by atoms with Gasteiger partial charge in [-0.05, 0) is 49.1 Å². The standard InChI is InChI=1S/C12H15N3O2/c16-11(17)9-3-4-10(15-14-9)13-7-12(5-6-12)8-1-2-8/h3-4,8H,1-2,5-7H2,(H,13,15)(H,16,17). The number of aromatic nitrogens is 2. The van der Waals surface area contributed by atoms with Crippen molar-refractivity contribution in [1.29, 1.82) is 0 Å². The van der Waals surface area contributed by atoms with Gasteiger partial charge in [0, 0.05) is 6.54 Å². The van der Waals surface area contributed by atoms with Crippen LogP contribution in [0.25, 0.3) is 0 Å². The molecule has 0 saturated heterocycles. The molecule has 1 heterocycles. The number of nitrogens with zero attached hydrogens (tertiary/aromatic N) is 2. The summed E-state index contributed by atoms with van der Waals surface area (Å²) < 4.78 is 0. The van der Waals surface area contributed by atoms with Crippen LogP contribution in [0, 0.1) is 11.3 Å². The molecular weight excluding hydrogens is 218 g/mol. The quantitative estimate of drug-likeness (QED) is 0.810. The van der Waals surface area contributed by atoms with Crippen LogP contribution in [-0.2, 0) is 0 Å². The summed E-state index contributed by atoms with van der Waals surface area (Å²) in [6.07, 6.45) is 5.35. The monoisotopic (exact) mass is 233 g/mol. The highest BCUT2D eigenvalue weighted by Crippen LogP contribution is 2.61. The van der Waals surface area contributed by atoms with Crippen molar-refractivity contribution in [3.8, 4) is 0 Å². The molecule has 0 atom stereocenters. The van der Waals surface area contributed by atoms with Gasteiger partial charge in [-0.1, -0.05) is 0 Å². The summed E-state index contributed by atoms with van der Waals surface area (Å²) in [5.41, 5.74) is 0.492. The van der Waals surface area contributed by atoms with Gasteiger partial charge in [-0.2, -0.15) is 0 Å². The molecule has 2 N–H and O–H groups in total. The summed E-state index contributed by atoms with van der Waals surface area (Å²) in [5.74, 6) is 0.531. The van der Waals surface area contributed by atoms with Crippen LogP contribution in [0.2, 0.25) is 0 Å². The number of nitrogens with one attached hydrogen (secondary N) is 1. The van der Waals surface area contributed by atoms with E-state index in [9.17, 15) is 4.79 Å². The number of anilines is 1. The molecule has 3 rings (SSSR count). The van der Waals surface area contributed by atoms with Crippen molar-refractivity contribution in [1.82, 2.24) is 10.2 Å². The fourth-order valence-corrected chi connectivity index (χ4v) is 2.39. The predicted molar refractivity (Wildman–Crippen MR) is 61.9 cm³/mol. The Balaban J connectivity index is 1.59. The minimum atomic E-state index is -1.04. The van der Waals surface area contributed by atoms with E-state index in [1.54, 1.807) is 6.07 Å². The topological polar surface area (TPSA) is 75.1 Å². The van der Waals surface area contributed by atoms with E-state index in [1.807, 2.05) is 0 Å². The van der Waals surface area contributed by atoms with Crippen LogP contribution >= 0.6 is 0 Å². The van der Waals surface area contributed by atoms with Crippen LogP contribution in [0.15, 0.2) is 12.1 Å². The lowest BCUT2D eigenvalue weighted by Gasteiger charge is -2.14. The Morgan fingerprint density at radius 3 is 2.65 bits per heavy atom. The second-order valence-electron chi connectivity index (χ2n) is 5.10. The number of rotatable bonds is 5. The van der Waals surface area contributed by atoms with Crippen molar-refractivity contribution in [3.63, 3.8) is 0 Å². The number of carboxylic acids is 1. The van der Waals surface area contributed by atoms with E-state index in [4.69, 9.17) is 5.11 Å². The van der Waals surface area contributed by atoms with Gasteiger partial charge in [-0.15, -0.1) is 10.2 Å². The van der Waals surface area contributed by atoms with Crippen LogP contribution in [0.3, 0.4) is 0 Å². The zero-order valence-electron chi connectivity index (χ0n) is 9.52. The molecule has 2 saturated carbocycles. The lowest BCUT2D eigenvalue weighted by Crippen LogP contribution is -2.18. The van der Waals surface area contributed by atoms with Crippen molar-refractivity contribution in [2.45, 2.75) is 25.7 Å². The molecule has 1 aromatic heterocycles. The van der Waals surface area contributed by atoms with Crippen molar-refractivity contribution >= 4 is 11.8 Å². The maximum atomic E-state index is 10.6. The fourth-order valence-electron chi connectivity index (χ4n) is 2.39. The molecule has 0 unspecified atom stereocenters. The molecule has 0 bridgehead atoms.